The maximum absolute atomic E-state index is 6.13. The molecular weight excluding hydrogens is 260 g/mol. The van der Waals surface area contributed by atoms with Crippen molar-refractivity contribution in [1.82, 2.24) is 0 Å². The molecule has 0 radical (unpaired) electrons. The number of hydrogen-bond acceptors (Lipinski definition) is 2. The number of benzene rings is 2. The van der Waals surface area contributed by atoms with Crippen molar-refractivity contribution in [3.05, 3.63) is 59.7 Å². The molecule has 0 fully saturated rings. The zero-order valence-corrected chi connectivity index (χ0v) is 13.5. The number of ether oxygens (including phenoxy) is 2. The molecule has 0 N–H and O–H groups in total. The number of rotatable bonds is 5. The Morgan fingerprint density at radius 3 is 1.86 bits per heavy atom. The van der Waals surface area contributed by atoms with Crippen LogP contribution in [-0.2, 0) is 5.60 Å². The van der Waals surface area contributed by atoms with Gasteiger partial charge in [0, 0.05) is 0 Å². The minimum Gasteiger partial charge on any atom is -0.491 e. The molecule has 112 valence electrons. The summed E-state index contributed by atoms with van der Waals surface area (Å²) >= 11 is 0. The first-order chi connectivity index (χ1) is 9.87. The molecule has 2 aromatic rings. The quantitative estimate of drug-likeness (QED) is 0.760. The van der Waals surface area contributed by atoms with E-state index < -0.39 is 0 Å². The number of aryl methyl sites for hydroxylation is 1. The van der Waals surface area contributed by atoms with Gasteiger partial charge in [0.05, 0.1) is 6.10 Å². The van der Waals surface area contributed by atoms with Crippen LogP contribution in [0.5, 0.6) is 11.5 Å². The van der Waals surface area contributed by atoms with Crippen molar-refractivity contribution in [3.63, 3.8) is 0 Å². The SMILES string of the molecule is Cc1ccc(C(C)(C)Oc2ccc(OC(C)C)cc2)cc1. The highest BCUT2D eigenvalue weighted by molar-refractivity contribution is 5.33. The average Bonchev–Trinajstić information content (AvgIpc) is 2.40. The van der Waals surface area contributed by atoms with Gasteiger partial charge in [0.25, 0.3) is 0 Å². The predicted molar refractivity (Wildman–Crippen MR) is 87.0 cm³/mol. The van der Waals surface area contributed by atoms with Crippen LogP contribution in [0.1, 0.15) is 38.8 Å². The van der Waals surface area contributed by atoms with E-state index in [0.29, 0.717) is 0 Å². The van der Waals surface area contributed by atoms with Gasteiger partial charge in [0.15, 0.2) is 0 Å². The normalized spacial score (nSPS) is 11.5. The molecular formula is C19H24O2. The van der Waals surface area contributed by atoms with Gasteiger partial charge in [-0.3, -0.25) is 0 Å². The van der Waals surface area contributed by atoms with E-state index in [9.17, 15) is 0 Å². The Morgan fingerprint density at radius 1 is 0.810 bits per heavy atom. The largest absolute Gasteiger partial charge is 0.491 e. The van der Waals surface area contributed by atoms with E-state index in [4.69, 9.17) is 9.47 Å². The minimum absolute atomic E-state index is 0.181. The molecule has 0 bridgehead atoms. The van der Waals surface area contributed by atoms with Crippen LogP contribution in [0.15, 0.2) is 48.5 Å². The number of hydrogen-bond donors (Lipinski definition) is 0. The van der Waals surface area contributed by atoms with Crippen molar-refractivity contribution in [1.29, 1.82) is 0 Å². The van der Waals surface area contributed by atoms with Crippen LogP contribution >= 0.6 is 0 Å². The van der Waals surface area contributed by atoms with Gasteiger partial charge in [-0.15, -0.1) is 0 Å². The van der Waals surface area contributed by atoms with E-state index in [1.54, 1.807) is 0 Å². The van der Waals surface area contributed by atoms with E-state index in [1.807, 2.05) is 38.1 Å². The van der Waals surface area contributed by atoms with Crippen molar-refractivity contribution < 1.29 is 9.47 Å². The van der Waals surface area contributed by atoms with Crippen LogP contribution in [0, 0.1) is 6.92 Å². The maximum Gasteiger partial charge on any atom is 0.128 e. The van der Waals surface area contributed by atoms with Gasteiger partial charge >= 0.3 is 0 Å². The van der Waals surface area contributed by atoms with E-state index in [1.165, 1.54) is 5.56 Å². The molecule has 2 heteroatoms. The van der Waals surface area contributed by atoms with Gasteiger partial charge in [-0.25, -0.2) is 0 Å². The summed E-state index contributed by atoms with van der Waals surface area (Å²) in [5.41, 5.74) is 2.05. The monoisotopic (exact) mass is 284 g/mol. The second-order valence-electron chi connectivity index (χ2n) is 6.12. The molecule has 0 aromatic heterocycles. The molecule has 0 spiro atoms. The molecule has 0 aliphatic rings. The van der Waals surface area contributed by atoms with Crippen LogP contribution in [0.4, 0.5) is 0 Å². The molecule has 21 heavy (non-hydrogen) atoms. The lowest BCUT2D eigenvalue weighted by Crippen LogP contribution is -2.25. The molecule has 0 saturated carbocycles. The van der Waals surface area contributed by atoms with E-state index in [2.05, 4.69) is 45.0 Å². The Kier molecular flexibility index (Phi) is 4.56. The first-order valence-electron chi connectivity index (χ1n) is 7.40. The van der Waals surface area contributed by atoms with E-state index in [-0.39, 0.29) is 11.7 Å². The molecule has 0 amide bonds. The summed E-state index contributed by atoms with van der Waals surface area (Å²) in [5, 5.41) is 0. The Hall–Kier alpha value is -1.96. The smallest absolute Gasteiger partial charge is 0.128 e. The first kappa shape index (κ1) is 15.4. The zero-order valence-electron chi connectivity index (χ0n) is 13.5. The molecule has 2 rings (SSSR count). The lowest BCUT2D eigenvalue weighted by Gasteiger charge is -2.27. The predicted octanol–water partition coefficient (Wildman–Crippen LogP) is 5.10. The van der Waals surface area contributed by atoms with Gasteiger partial charge in [0.2, 0.25) is 0 Å². The molecule has 0 heterocycles. The third-order valence-electron chi connectivity index (χ3n) is 3.32. The van der Waals surface area contributed by atoms with Gasteiger partial charge < -0.3 is 9.47 Å². The van der Waals surface area contributed by atoms with Crippen molar-refractivity contribution in [2.45, 2.75) is 46.3 Å². The topological polar surface area (TPSA) is 18.5 Å². The van der Waals surface area contributed by atoms with E-state index >= 15 is 0 Å². The fraction of sp³-hybridized carbons (Fsp3) is 0.368. The Bertz CT molecular complexity index is 566. The highest BCUT2D eigenvalue weighted by Gasteiger charge is 2.22. The fourth-order valence-electron chi connectivity index (χ4n) is 2.17. The first-order valence-corrected chi connectivity index (χ1v) is 7.40. The molecule has 2 aromatic carbocycles. The lowest BCUT2D eigenvalue weighted by atomic mass is 9.97. The summed E-state index contributed by atoms with van der Waals surface area (Å²) < 4.78 is 11.8. The highest BCUT2D eigenvalue weighted by atomic mass is 16.5. The summed E-state index contributed by atoms with van der Waals surface area (Å²) in [4.78, 5) is 0. The van der Waals surface area contributed by atoms with Gasteiger partial charge in [0.1, 0.15) is 17.1 Å². The third-order valence-corrected chi connectivity index (χ3v) is 3.32. The fourth-order valence-corrected chi connectivity index (χ4v) is 2.17. The van der Waals surface area contributed by atoms with Crippen LogP contribution < -0.4 is 9.47 Å². The average molecular weight is 284 g/mol. The van der Waals surface area contributed by atoms with Crippen molar-refractivity contribution in [3.8, 4) is 11.5 Å². The maximum atomic E-state index is 6.13. The second kappa shape index (κ2) is 6.21. The Morgan fingerprint density at radius 2 is 1.33 bits per heavy atom. The zero-order chi connectivity index (χ0) is 15.5. The Balaban J connectivity index is 2.10. The standard InChI is InChI=1S/C19H24O2/c1-14(2)20-17-10-12-18(13-11-17)21-19(4,5)16-8-6-15(3)7-9-16/h6-14H,1-5H3. The molecule has 2 nitrogen and oxygen atoms in total. The minimum atomic E-state index is -0.367. The van der Waals surface area contributed by atoms with Crippen LogP contribution in [0.25, 0.3) is 0 Å². The summed E-state index contributed by atoms with van der Waals surface area (Å²) in [7, 11) is 0. The highest BCUT2D eigenvalue weighted by Crippen LogP contribution is 2.29. The summed E-state index contributed by atoms with van der Waals surface area (Å²) in [6, 6.07) is 16.2. The van der Waals surface area contributed by atoms with E-state index in [0.717, 1.165) is 17.1 Å². The molecule has 0 unspecified atom stereocenters. The molecule has 0 saturated heterocycles. The molecule has 0 aliphatic heterocycles. The van der Waals surface area contributed by atoms with Crippen molar-refractivity contribution >= 4 is 0 Å². The van der Waals surface area contributed by atoms with Gasteiger partial charge in [-0.2, -0.15) is 0 Å². The lowest BCUT2D eigenvalue weighted by molar-refractivity contribution is 0.108. The Labute approximate surface area is 127 Å². The van der Waals surface area contributed by atoms with Gasteiger partial charge in [-0.1, -0.05) is 29.8 Å². The molecule has 0 atom stereocenters. The summed E-state index contributed by atoms with van der Waals surface area (Å²) in [5.74, 6) is 1.71. The summed E-state index contributed by atoms with van der Waals surface area (Å²) in [6.07, 6.45) is 0.181. The molecule has 0 aliphatic carbocycles. The van der Waals surface area contributed by atoms with Crippen molar-refractivity contribution in [2.75, 3.05) is 0 Å². The van der Waals surface area contributed by atoms with Gasteiger partial charge in [-0.05, 0) is 64.4 Å². The van der Waals surface area contributed by atoms with Crippen LogP contribution in [0.2, 0.25) is 0 Å². The third kappa shape index (κ3) is 4.25. The van der Waals surface area contributed by atoms with Crippen LogP contribution in [0.3, 0.4) is 0 Å². The van der Waals surface area contributed by atoms with Crippen LogP contribution in [-0.4, -0.2) is 6.10 Å². The second-order valence-corrected chi connectivity index (χ2v) is 6.12. The summed E-state index contributed by atoms with van der Waals surface area (Å²) in [6.45, 7) is 10.3. The van der Waals surface area contributed by atoms with Crippen molar-refractivity contribution in [2.24, 2.45) is 0 Å².